The molecule has 0 aromatic heterocycles. The molecule has 1 saturated heterocycles. The summed E-state index contributed by atoms with van der Waals surface area (Å²) in [4.78, 5) is 1.65. The lowest BCUT2D eigenvalue weighted by Gasteiger charge is -2.39. The topological polar surface area (TPSA) is 32.3 Å². The Morgan fingerprint density at radius 1 is 1.26 bits per heavy atom. The van der Waals surface area contributed by atoms with Gasteiger partial charge in [-0.05, 0) is 60.1 Å². The number of hydrogen-bond acceptors (Lipinski definition) is 3. The molecule has 0 bridgehead atoms. The van der Waals surface area contributed by atoms with Crippen molar-refractivity contribution in [1.82, 2.24) is 4.31 Å². The van der Waals surface area contributed by atoms with Crippen molar-refractivity contribution < 1.29 is 8.60 Å². The van der Waals surface area contributed by atoms with Gasteiger partial charge >= 0.3 is 0 Å². The SMILES string of the molecule is C=S(=O)(c1cccc(SNc2cccc(F)c2)c1)N1CC(C)C1. The number of rotatable bonds is 5. The summed E-state index contributed by atoms with van der Waals surface area (Å²) in [5.41, 5.74) is 0.687. The van der Waals surface area contributed by atoms with Crippen LogP contribution in [0.1, 0.15) is 6.92 Å². The van der Waals surface area contributed by atoms with E-state index >= 15 is 0 Å². The minimum atomic E-state index is -2.42. The van der Waals surface area contributed by atoms with Gasteiger partial charge in [-0.1, -0.05) is 19.1 Å². The van der Waals surface area contributed by atoms with Crippen LogP contribution in [0.3, 0.4) is 0 Å². The summed E-state index contributed by atoms with van der Waals surface area (Å²) < 4.78 is 31.1. The van der Waals surface area contributed by atoms with E-state index in [-0.39, 0.29) is 5.82 Å². The third kappa shape index (κ3) is 3.71. The summed E-state index contributed by atoms with van der Waals surface area (Å²) in [5, 5.41) is 0. The maximum atomic E-state index is 13.2. The standard InChI is InChI=1S/C17H19FN2OS2/c1-13-11-20(12-13)23(2,21)17-8-4-7-16(10-17)22-19-15-6-3-5-14(18)9-15/h3-10,13,19H,2,11-12H2,1H3. The van der Waals surface area contributed by atoms with E-state index in [4.69, 9.17) is 0 Å². The summed E-state index contributed by atoms with van der Waals surface area (Å²) in [6, 6.07) is 13.8. The Hall–Kier alpha value is -1.50. The Bertz CT molecular complexity index is 802. The molecule has 1 atom stereocenters. The molecule has 2 aromatic rings. The zero-order chi connectivity index (χ0) is 16.4. The molecule has 3 rings (SSSR count). The van der Waals surface area contributed by atoms with Crippen molar-refractivity contribution in [2.24, 2.45) is 5.92 Å². The smallest absolute Gasteiger partial charge is 0.125 e. The van der Waals surface area contributed by atoms with Gasteiger partial charge in [0.2, 0.25) is 0 Å². The summed E-state index contributed by atoms with van der Waals surface area (Å²) in [5.74, 6) is 4.24. The van der Waals surface area contributed by atoms with Crippen molar-refractivity contribution in [2.45, 2.75) is 16.7 Å². The molecule has 0 spiro atoms. The van der Waals surface area contributed by atoms with Gasteiger partial charge in [0.15, 0.2) is 0 Å². The molecule has 0 radical (unpaired) electrons. The van der Waals surface area contributed by atoms with Gasteiger partial charge < -0.3 is 4.72 Å². The second kappa shape index (κ2) is 6.55. The fourth-order valence-electron chi connectivity index (χ4n) is 2.44. The van der Waals surface area contributed by atoms with E-state index in [1.54, 1.807) is 12.1 Å². The van der Waals surface area contributed by atoms with Crippen molar-refractivity contribution in [3.8, 4) is 0 Å². The number of anilines is 1. The number of nitrogens with zero attached hydrogens (tertiary/aromatic N) is 1. The number of halogens is 1. The van der Waals surface area contributed by atoms with Crippen LogP contribution in [0.2, 0.25) is 0 Å². The monoisotopic (exact) mass is 350 g/mol. The highest BCUT2D eigenvalue weighted by molar-refractivity contribution is 8.00. The van der Waals surface area contributed by atoms with E-state index in [2.05, 4.69) is 17.5 Å². The van der Waals surface area contributed by atoms with E-state index in [1.165, 1.54) is 24.1 Å². The van der Waals surface area contributed by atoms with Crippen LogP contribution in [0.4, 0.5) is 10.1 Å². The predicted molar refractivity (Wildman–Crippen MR) is 96.6 cm³/mol. The highest BCUT2D eigenvalue weighted by atomic mass is 32.2. The first-order valence-corrected chi connectivity index (χ1v) is 9.86. The largest absolute Gasteiger partial charge is 0.326 e. The highest BCUT2D eigenvalue weighted by Crippen LogP contribution is 2.28. The Kier molecular flexibility index (Phi) is 4.66. The van der Waals surface area contributed by atoms with E-state index in [1.807, 2.05) is 28.6 Å². The average Bonchev–Trinajstić information content (AvgIpc) is 2.50. The molecule has 6 heteroatoms. The normalized spacial score (nSPS) is 18.2. The lowest BCUT2D eigenvalue weighted by Crippen LogP contribution is -2.48. The second-order valence-electron chi connectivity index (χ2n) is 5.78. The quantitative estimate of drug-likeness (QED) is 0.656. The summed E-state index contributed by atoms with van der Waals surface area (Å²) in [6.45, 7) is 3.78. The molecule has 0 saturated carbocycles. The van der Waals surface area contributed by atoms with Crippen LogP contribution in [0.5, 0.6) is 0 Å². The van der Waals surface area contributed by atoms with Gasteiger partial charge in [0.05, 0.1) is 9.71 Å². The van der Waals surface area contributed by atoms with E-state index < -0.39 is 9.71 Å². The Morgan fingerprint density at radius 3 is 2.70 bits per heavy atom. The zero-order valence-corrected chi connectivity index (χ0v) is 14.5. The summed E-state index contributed by atoms with van der Waals surface area (Å²) >= 11 is 1.36. The van der Waals surface area contributed by atoms with Crippen LogP contribution < -0.4 is 4.72 Å². The first kappa shape index (κ1) is 16.4. The molecule has 1 fully saturated rings. The van der Waals surface area contributed by atoms with Gasteiger partial charge in [-0.2, -0.15) is 0 Å². The fraction of sp³-hybridized carbons (Fsp3) is 0.235. The summed E-state index contributed by atoms with van der Waals surface area (Å²) in [6.07, 6.45) is 0. The maximum Gasteiger partial charge on any atom is 0.125 e. The first-order valence-electron chi connectivity index (χ1n) is 7.36. The molecule has 1 aliphatic rings. The van der Waals surface area contributed by atoms with Crippen LogP contribution in [0.25, 0.3) is 0 Å². The van der Waals surface area contributed by atoms with Crippen LogP contribution in [-0.4, -0.2) is 27.5 Å². The minimum absolute atomic E-state index is 0.281. The fourth-order valence-corrected chi connectivity index (χ4v) is 5.10. The van der Waals surface area contributed by atoms with Crippen molar-refractivity contribution in [1.29, 1.82) is 0 Å². The molecule has 1 aliphatic heterocycles. The molecule has 3 nitrogen and oxygen atoms in total. The van der Waals surface area contributed by atoms with Crippen molar-refractivity contribution >= 4 is 33.2 Å². The Labute approximate surface area is 141 Å². The predicted octanol–water partition coefficient (Wildman–Crippen LogP) is 3.89. The molecule has 23 heavy (non-hydrogen) atoms. The number of hydrogen-bond donors (Lipinski definition) is 1. The van der Waals surface area contributed by atoms with Gasteiger partial charge in [-0.3, -0.25) is 0 Å². The molecule has 0 aliphatic carbocycles. The van der Waals surface area contributed by atoms with Gasteiger partial charge in [-0.15, -0.1) is 0 Å². The third-order valence-corrected chi connectivity index (χ3v) is 6.68. The molecule has 1 N–H and O–H groups in total. The van der Waals surface area contributed by atoms with Gasteiger partial charge in [0, 0.05) is 28.6 Å². The van der Waals surface area contributed by atoms with Crippen LogP contribution in [0, 0.1) is 11.7 Å². The molecular formula is C17H19FN2OS2. The highest BCUT2D eigenvalue weighted by Gasteiger charge is 2.30. The molecule has 1 heterocycles. The molecule has 1 unspecified atom stereocenters. The maximum absolute atomic E-state index is 13.2. The lowest BCUT2D eigenvalue weighted by molar-refractivity contribution is 0.228. The van der Waals surface area contributed by atoms with Crippen LogP contribution in [0.15, 0.2) is 58.3 Å². The molecular weight excluding hydrogens is 331 g/mol. The average molecular weight is 350 g/mol. The van der Waals surface area contributed by atoms with Gasteiger partial charge in [-0.25, -0.2) is 12.9 Å². The molecule has 0 amide bonds. The minimum Gasteiger partial charge on any atom is -0.326 e. The first-order chi connectivity index (χ1) is 10.9. The Morgan fingerprint density at radius 2 is 2.00 bits per heavy atom. The summed E-state index contributed by atoms with van der Waals surface area (Å²) in [7, 11) is -2.42. The zero-order valence-electron chi connectivity index (χ0n) is 12.9. The second-order valence-corrected chi connectivity index (χ2v) is 8.93. The lowest BCUT2D eigenvalue weighted by atomic mass is 10.1. The third-order valence-electron chi connectivity index (χ3n) is 3.73. The van der Waals surface area contributed by atoms with Gasteiger partial charge in [0.1, 0.15) is 5.82 Å². The van der Waals surface area contributed by atoms with Gasteiger partial charge in [0.25, 0.3) is 0 Å². The van der Waals surface area contributed by atoms with Crippen LogP contribution in [-0.2, 0) is 9.71 Å². The molecule has 122 valence electrons. The van der Waals surface area contributed by atoms with Crippen molar-refractivity contribution in [2.75, 3.05) is 17.8 Å². The van der Waals surface area contributed by atoms with Crippen molar-refractivity contribution in [3.05, 3.63) is 54.3 Å². The van der Waals surface area contributed by atoms with Crippen molar-refractivity contribution in [3.63, 3.8) is 0 Å². The number of nitrogens with one attached hydrogen (secondary N) is 1. The van der Waals surface area contributed by atoms with E-state index in [0.29, 0.717) is 11.6 Å². The number of benzene rings is 2. The molecule has 2 aromatic carbocycles. The van der Waals surface area contributed by atoms with E-state index in [9.17, 15) is 8.60 Å². The van der Waals surface area contributed by atoms with Crippen LogP contribution >= 0.6 is 11.9 Å². The Balaban J connectivity index is 1.72. The van der Waals surface area contributed by atoms with E-state index in [0.717, 1.165) is 22.9 Å².